The Morgan fingerprint density at radius 1 is 1.24 bits per heavy atom. The van der Waals surface area contributed by atoms with Gasteiger partial charge in [-0.15, -0.1) is 0 Å². The number of carbonyl (C=O) groups excluding carboxylic acids is 1. The quantitative estimate of drug-likeness (QED) is 0.574. The van der Waals surface area contributed by atoms with E-state index in [1.807, 2.05) is 26.8 Å². The van der Waals surface area contributed by atoms with Gasteiger partial charge in [-0.1, -0.05) is 39.0 Å². The number of hydrogen-bond acceptors (Lipinski definition) is 6. The molecule has 0 bridgehead atoms. The minimum absolute atomic E-state index is 0.00426. The molecule has 0 amide bonds. The molecule has 0 radical (unpaired) electrons. The number of benzene rings is 1. The van der Waals surface area contributed by atoms with Crippen LogP contribution in [0.2, 0.25) is 0 Å². The molecule has 3 rings (SSSR count). The van der Waals surface area contributed by atoms with Crippen molar-refractivity contribution in [2.24, 2.45) is 0 Å². The molecule has 0 saturated carbocycles. The van der Waals surface area contributed by atoms with Gasteiger partial charge in [0.1, 0.15) is 11.9 Å². The second kappa shape index (κ2) is 11.0. The van der Waals surface area contributed by atoms with Gasteiger partial charge in [0.15, 0.2) is 0 Å². The average molecular weight is 458 g/mol. The van der Waals surface area contributed by atoms with Gasteiger partial charge in [0, 0.05) is 30.6 Å². The molecule has 2 heterocycles. The summed E-state index contributed by atoms with van der Waals surface area (Å²) >= 11 is 0. The lowest BCUT2D eigenvalue weighted by Crippen LogP contribution is -2.31. The number of nitrogens with zero attached hydrogens (tertiary/aromatic N) is 1. The number of aliphatic hydroxyl groups excluding tert-OH is 2. The number of aliphatic hydroxyl groups is 2. The standard InChI is InChI=1S/C26H32FNO5/c1-15(2)25-21(10-9-20-11-19(30)12-23(31)33-20)24(17-5-7-18(27)8-6-17)22(14-32-4)26(28-25)16(3)13-29/h5-10,15-16,19-20,29-30H,11-14H2,1-4H3/b10-9+/t16-,19-,20-/m1/s1. The highest BCUT2D eigenvalue weighted by Gasteiger charge is 2.27. The van der Waals surface area contributed by atoms with Crippen molar-refractivity contribution in [3.8, 4) is 11.1 Å². The summed E-state index contributed by atoms with van der Waals surface area (Å²) in [5, 5.41) is 19.8. The molecule has 3 atom stereocenters. The molecule has 1 aliphatic heterocycles. The lowest BCUT2D eigenvalue weighted by atomic mass is 9.86. The van der Waals surface area contributed by atoms with E-state index in [4.69, 9.17) is 14.5 Å². The van der Waals surface area contributed by atoms with E-state index in [1.54, 1.807) is 25.3 Å². The maximum Gasteiger partial charge on any atom is 0.309 e. The van der Waals surface area contributed by atoms with E-state index in [0.717, 1.165) is 33.6 Å². The van der Waals surface area contributed by atoms with Crippen LogP contribution in [-0.4, -0.2) is 47.1 Å². The first-order chi connectivity index (χ1) is 15.7. The van der Waals surface area contributed by atoms with Gasteiger partial charge in [-0.05, 0) is 35.3 Å². The SMILES string of the molecule is COCc1c([C@H](C)CO)nc(C(C)C)c(/C=C/[C@@H]2C[C@@H](O)CC(=O)O2)c1-c1ccc(F)cc1. The van der Waals surface area contributed by atoms with Gasteiger partial charge in [0.05, 0.1) is 37.1 Å². The van der Waals surface area contributed by atoms with E-state index in [-0.39, 0.29) is 37.3 Å². The Morgan fingerprint density at radius 3 is 2.52 bits per heavy atom. The Labute approximate surface area is 194 Å². The second-order valence-corrected chi connectivity index (χ2v) is 8.81. The fourth-order valence-electron chi connectivity index (χ4n) is 4.15. The van der Waals surface area contributed by atoms with Crippen LogP contribution in [0.25, 0.3) is 17.2 Å². The van der Waals surface area contributed by atoms with Gasteiger partial charge in [-0.25, -0.2) is 4.39 Å². The van der Waals surface area contributed by atoms with E-state index in [1.165, 1.54) is 12.1 Å². The summed E-state index contributed by atoms with van der Waals surface area (Å²) in [5.74, 6) is -0.949. The zero-order valence-corrected chi connectivity index (χ0v) is 19.5. The lowest BCUT2D eigenvalue weighted by Gasteiger charge is -2.25. The molecule has 1 aromatic carbocycles. The van der Waals surface area contributed by atoms with Crippen LogP contribution in [0.1, 0.15) is 68.0 Å². The monoisotopic (exact) mass is 457 g/mol. The molecule has 0 unspecified atom stereocenters. The number of ether oxygens (including phenoxy) is 2. The summed E-state index contributed by atoms with van der Waals surface area (Å²) in [5.41, 5.74) is 4.80. The molecule has 0 spiro atoms. The zero-order chi connectivity index (χ0) is 24.1. The van der Waals surface area contributed by atoms with Gasteiger partial charge in [0.2, 0.25) is 0 Å². The molecular weight excluding hydrogens is 425 g/mol. The minimum atomic E-state index is -0.739. The first-order valence-corrected chi connectivity index (χ1v) is 11.2. The van der Waals surface area contributed by atoms with Gasteiger partial charge in [-0.2, -0.15) is 0 Å². The Kier molecular flexibility index (Phi) is 8.35. The molecule has 2 N–H and O–H groups in total. The number of halogens is 1. The van der Waals surface area contributed by atoms with Crippen LogP contribution in [0.15, 0.2) is 30.3 Å². The van der Waals surface area contributed by atoms with Crippen molar-refractivity contribution in [3.63, 3.8) is 0 Å². The van der Waals surface area contributed by atoms with E-state index in [9.17, 15) is 19.4 Å². The summed E-state index contributed by atoms with van der Waals surface area (Å²) in [6.07, 6.45) is 2.66. The Morgan fingerprint density at radius 2 is 1.94 bits per heavy atom. The second-order valence-electron chi connectivity index (χ2n) is 8.81. The van der Waals surface area contributed by atoms with Crippen molar-refractivity contribution in [3.05, 3.63) is 58.7 Å². The Bertz CT molecular complexity index is 1000. The van der Waals surface area contributed by atoms with Crippen LogP contribution in [0.3, 0.4) is 0 Å². The number of cyclic esters (lactones) is 1. The predicted molar refractivity (Wildman–Crippen MR) is 124 cm³/mol. The third-order valence-electron chi connectivity index (χ3n) is 5.77. The molecular formula is C26H32FNO5. The number of rotatable bonds is 8. The zero-order valence-electron chi connectivity index (χ0n) is 19.5. The van der Waals surface area contributed by atoms with Crippen LogP contribution in [0.4, 0.5) is 4.39 Å². The number of methoxy groups -OCH3 is 1. The number of esters is 1. The maximum atomic E-state index is 13.7. The van der Waals surface area contributed by atoms with Gasteiger partial charge >= 0.3 is 5.97 Å². The fraction of sp³-hybridized carbons (Fsp3) is 0.462. The van der Waals surface area contributed by atoms with Crippen molar-refractivity contribution < 1.29 is 28.9 Å². The molecule has 1 aromatic heterocycles. The van der Waals surface area contributed by atoms with E-state index >= 15 is 0 Å². The molecule has 0 aliphatic carbocycles. The lowest BCUT2D eigenvalue weighted by molar-refractivity contribution is -0.156. The summed E-state index contributed by atoms with van der Waals surface area (Å²) < 4.78 is 24.6. The van der Waals surface area contributed by atoms with Crippen molar-refractivity contribution >= 4 is 12.0 Å². The van der Waals surface area contributed by atoms with Gasteiger partial charge < -0.3 is 19.7 Å². The highest BCUT2D eigenvalue weighted by Crippen LogP contribution is 2.38. The fourth-order valence-corrected chi connectivity index (χ4v) is 4.15. The smallest absolute Gasteiger partial charge is 0.309 e. The van der Waals surface area contributed by atoms with E-state index in [0.29, 0.717) is 6.42 Å². The number of pyridine rings is 1. The van der Waals surface area contributed by atoms with Crippen molar-refractivity contribution in [1.29, 1.82) is 0 Å². The van der Waals surface area contributed by atoms with Crippen molar-refractivity contribution in [2.45, 2.75) is 64.3 Å². The van der Waals surface area contributed by atoms with Crippen LogP contribution in [0, 0.1) is 5.82 Å². The van der Waals surface area contributed by atoms with Gasteiger partial charge in [-0.3, -0.25) is 9.78 Å². The first kappa shape index (κ1) is 25.0. The van der Waals surface area contributed by atoms with Crippen molar-refractivity contribution in [1.82, 2.24) is 4.98 Å². The van der Waals surface area contributed by atoms with Crippen LogP contribution in [-0.2, 0) is 20.9 Å². The Hall–Kier alpha value is -2.61. The molecule has 1 aliphatic rings. The van der Waals surface area contributed by atoms with E-state index < -0.39 is 18.2 Å². The predicted octanol–water partition coefficient (Wildman–Crippen LogP) is 4.33. The van der Waals surface area contributed by atoms with E-state index in [2.05, 4.69) is 0 Å². The third-order valence-corrected chi connectivity index (χ3v) is 5.77. The van der Waals surface area contributed by atoms with Crippen LogP contribution < -0.4 is 0 Å². The molecule has 1 saturated heterocycles. The average Bonchev–Trinajstić information content (AvgIpc) is 2.77. The first-order valence-electron chi connectivity index (χ1n) is 11.2. The highest BCUT2D eigenvalue weighted by atomic mass is 19.1. The molecule has 1 fully saturated rings. The van der Waals surface area contributed by atoms with Crippen LogP contribution >= 0.6 is 0 Å². The summed E-state index contributed by atoms with van der Waals surface area (Å²) in [7, 11) is 1.59. The minimum Gasteiger partial charge on any atom is -0.458 e. The molecule has 33 heavy (non-hydrogen) atoms. The van der Waals surface area contributed by atoms with Gasteiger partial charge in [0.25, 0.3) is 0 Å². The molecule has 2 aromatic rings. The normalized spacial score (nSPS) is 19.8. The van der Waals surface area contributed by atoms with Crippen LogP contribution in [0.5, 0.6) is 0 Å². The highest BCUT2D eigenvalue weighted by molar-refractivity contribution is 5.80. The topological polar surface area (TPSA) is 88.9 Å². The summed E-state index contributed by atoms with van der Waals surface area (Å²) in [4.78, 5) is 16.7. The third kappa shape index (κ3) is 5.85. The maximum absolute atomic E-state index is 13.7. The summed E-state index contributed by atoms with van der Waals surface area (Å²) in [6, 6.07) is 6.23. The van der Waals surface area contributed by atoms with Crippen molar-refractivity contribution in [2.75, 3.05) is 13.7 Å². The number of hydrogen-bond donors (Lipinski definition) is 2. The molecule has 178 valence electrons. The summed E-state index contributed by atoms with van der Waals surface area (Å²) in [6.45, 7) is 6.15. The largest absolute Gasteiger partial charge is 0.458 e. The number of carbonyl (C=O) groups is 1. The molecule has 6 nitrogen and oxygen atoms in total. The molecule has 7 heteroatoms. The Balaban J connectivity index is 2.26. The number of aromatic nitrogens is 1.